The summed E-state index contributed by atoms with van der Waals surface area (Å²) in [5.41, 5.74) is 0.792. The molecule has 1 heterocycles. The molecule has 2 aromatic carbocycles. The van der Waals surface area contributed by atoms with Crippen molar-refractivity contribution in [2.75, 3.05) is 17.2 Å². The second-order valence-corrected chi connectivity index (χ2v) is 6.10. The number of amides is 1. The van der Waals surface area contributed by atoms with Crippen LogP contribution < -0.4 is 15.4 Å². The number of anilines is 3. The minimum absolute atomic E-state index is 0.147. The van der Waals surface area contributed by atoms with E-state index < -0.39 is 0 Å². The lowest BCUT2D eigenvalue weighted by atomic mass is 10.3. The molecule has 3 aromatic rings. The van der Waals surface area contributed by atoms with Crippen molar-refractivity contribution in [1.82, 2.24) is 10.2 Å². The minimum atomic E-state index is -0.343. The van der Waals surface area contributed by atoms with E-state index in [-0.39, 0.29) is 12.5 Å². The molecule has 1 aromatic heterocycles. The topological polar surface area (TPSA) is 76.1 Å². The van der Waals surface area contributed by atoms with Crippen LogP contribution in [-0.2, 0) is 4.79 Å². The molecular formula is C18H14Cl2N4O2. The first-order valence-corrected chi connectivity index (χ1v) is 8.39. The minimum Gasteiger partial charge on any atom is -0.484 e. The summed E-state index contributed by atoms with van der Waals surface area (Å²) in [6, 6.07) is 17.3. The Morgan fingerprint density at radius 1 is 0.923 bits per heavy atom. The van der Waals surface area contributed by atoms with E-state index >= 15 is 0 Å². The lowest BCUT2D eigenvalue weighted by Crippen LogP contribution is -2.21. The van der Waals surface area contributed by atoms with E-state index in [1.54, 1.807) is 48.5 Å². The Labute approximate surface area is 160 Å². The number of nitrogens with one attached hydrogen (secondary N) is 2. The number of ether oxygens (including phenoxy) is 1. The Bertz CT molecular complexity index is 886. The molecule has 0 radical (unpaired) electrons. The molecular weight excluding hydrogens is 375 g/mol. The molecule has 6 nitrogen and oxygen atoms in total. The van der Waals surface area contributed by atoms with Crippen LogP contribution in [0.5, 0.6) is 5.75 Å². The molecule has 8 heteroatoms. The standard InChI is InChI=1S/C18H14Cl2N4O2/c19-12-4-6-15(7-5-12)26-11-18(25)22-17-9-8-16(23-24-17)21-14-3-1-2-13(20)10-14/h1-10H,11H2,(H,21,23)(H,22,24,25). The van der Waals surface area contributed by atoms with Gasteiger partial charge in [-0.25, -0.2) is 0 Å². The number of benzene rings is 2. The van der Waals surface area contributed by atoms with Crippen LogP contribution in [0.25, 0.3) is 0 Å². The van der Waals surface area contributed by atoms with Crippen LogP contribution in [0, 0.1) is 0 Å². The summed E-state index contributed by atoms with van der Waals surface area (Å²) in [6.07, 6.45) is 0. The van der Waals surface area contributed by atoms with E-state index in [9.17, 15) is 4.79 Å². The third kappa shape index (κ3) is 5.34. The molecule has 0 unspecified atom stereocenters. The molecule has 0 aliphatic heterocycles. The number of aromatic nitrogens is 2. The van der Waals surface area contributed by atoms with E-state index in [1.807, 2.05) is 12.1 Å². The summed E-state index contributed by atoms with van der Waals surface area (Å²) in [5.74, 6) is 1.07. The molecule has 0 aliphatic rings. The predicted molar refractivity (Wildman–Crippen MR) is 102 cm³/mol. The third-order valence-electron chi connectivity index (χ3n) is 3.21. The van der Waals surface area contributed by atoms with Gasteiger partial charge in [-0.3, -0.25) is 4.79 Å². The van der Waals surface area contributed by atoms with Crippen LogP contribution in [0.2, 0.25) is 10.0 Å². The lowest BCUT2D eigenvalue weighted by molar-refractivity contribution is -0.118. The number of hydrogen-bond donors (Lipinski definition) is 2. The normalized spacial score (nSPS) is 10.2. The van der Waals surface area contributed by atoms with E-state index in [1.165, 1.54) is 0 Å². The van der Waals surface area contributed by atoms with Gasteiger partial charge in [-0.2, -0.15) is 0 Å². The van der Waals surface area contributed by atoms with Gasteiger partial charge in [0.05, 0.1) is 0 Å². The molecule has 2 N–H and O–H groups in total. The van der Waals surface area contributed by atoms with Crippen LogP contribution in [0.1, 0.15) is 0 Å². The van der Waals surface area contributed by atoms with Gasteiger partial charge in [0.2, 0.25) is 0 Å². The first-order chi connectivity index (χ1) is 12.6. The van der Waals surface area contributed by atoms with Crippen LogP contribution in [0.3, 0.4) is 0 Å². The van der Waals surface area contributed by atoms with Crippen molar-refractivity contribution >= 4 is 46.4 Å². The van der Waals surface area contributed by atoms with Gasteiger partial charge in [0.15, 0.2) is 18.2 Å². The van der Waals surface area contributed by atoms with Crippen LogP contribution >= 0.6 is 23.2 Å². The Morgan fingerprint density at radius 3 is 2.35 bits per heavy atom. The average Bonchev–Trinajstić information content (AvgIpc) is 2.63. The molecule has 0 saturated carbocycles. The Morgan fingerprint density at radius 2 is 1.65 bits per heavy atom. The summed E-state index contributed by atoms with van der Waals surface area (Å²) >= 11 is 11.7. The Kier molecular flexibility index (Phi) is 5.88. The van der Waals surface area contributed by atoms with E-state index in [4.69, 9.17) is 27.9 Å². The van der Waals surface area contributed by atoms with Gasteiger partial charge in [0.25, 0.3) is 5.91 Å². The van der Waals surface area contributed by atoms with Crippen LogP contribution in [-0.4, -0.2) is 22.7 Å². The zero-order chi connectivity index (χ0) is 18.4. The van der Waals surface area contributed by atoms with Crippen molar-refractivity contribution in [2.24, 2.45) is 0 Å². The fourth-order valence-corrected chi connectivity index (χ4v) is 2.35. The number of halogens is 2. The van der Waals surface area contributed by atoms with Crippen LogP contribution in [0.4, 0.5) is 17.3 Å². The first-order valence-electron chi connectivity index (χ1n) is 7.63. The molecule has 0 aliphatic carbocycles. The van der Waals surface area contributed by atoms with Crippen LogP contribution in [0.15, 0.2) is 60.7 Å². The highest BCUT2D eigenvalue weighted by Crippen LogP contribution is 2.19. The molecule has 132 valence electrons. The molecule has 26 heavy (non-hydrogen) atoms. The van der Waals surface area contributed by atoms with E-state index in [2.05, 4.69) is 20.8 Å². The van der Waals surface area contributed by atoms with Gasteiger partial charge in [0.1, 0.15) is 5.75 Å². The largest absolute Gasteiger partial charge is 0.484 e. The second-order valence-electron chi connectivity index (χ2n) is 5.23. The van der Waals surface area contributed by atoms with Crippen molar-refractivity contribution in [2.45, 2.75) is 0 Å². The highest BCUT2D eigenvalue weighted by atomic mass is 35.5. The van der Waals surface area contributed by atoms with Gasteiger partial charge in [-0.15, -0.1) is 10.2 Å². The van der Waals surface area contributed by atoms with Crippen molar-refractivity contribution in [3.63, 3.8) is 0 Å². The van der Waals surface area contributed by atoms with Gasteiger partial charge < -0.3 is 15.4 Å². The predicted octanol–water partition coefficient (Wildman–Crippen LogP) is 4.54. The SMILES string of the molecule is O=C(COc1ccc(Cl)cc1)Nc1ccc(Nc2cccc(Cl)c2)nn1. The summed E-state index contributed by atoms with van der Waals surface area (Å²) in [4.78, 5) is 11.9. The van der Waals surface area contributed by atoms with E-state index in [0.717, 1.165) is 5.69 Å². The monoisotopic (exact) mass is 388 g/mol. The Balaban J connectivity index is 1.51. The fourth-order valence-electron chi connectivity index (χ4n) is 2.04. The smallest absolute Gasteiger partial charge is 0.263 e. The molecule has 3 rings (SSSR count). The lowest BCUT2D eigenvalue weighted by Gasteiger charge is -2.08. The Hall–Kier alpha value is -2.83. The molecule has 0 fully saturated rings. The quantitative estimate of drug-likeness (QED) is 0.647. The molecule has 0 saturated heterocycles. The average molecular weight is 389 g/mol. The summed E-state index contributed by atoms with van der Waals surface area (Å²) in [6.45, 7) is -0.147. The van der Waals surface area contributed by atoms with Crippen molar-refractivity contribution in [1.29, 1.82) is 0 Å². The number of nitrogens with zero attached hydrogens (tertiary/aromatic N) is 2. The van der Waals surface area contributed by atoms with Gasteiger partial charge in [-0.1, -0.05) is 29.3 Å². The number of carbonyl (C=O) groups is 1. The van der Waals surface area contributed by atoms with Crippen molar-refractivity contribution in [3.05, 3.63) is 70.7 Å². The van der Waals surface area contributed by atoms with Crippen molar-refractivity contribution in [3.8, 4) is 5.75 Å². The third-order valence-corrected chi connectivity index (χ3v) is 3.70. The highest BCUT2D eigenvalue weighted by Gasteiger charge is 2.06. The molecule has 0 bridgehead atoms. The highest BCUT2D eigenvalue weighted by molar-refractivity contribution is 6.31. The fraction of sp³-hybridized carbons (Fsp3) is 0.0556. The maximum Gasteiger partial charge on any atom is 0.263 e. The number of carbonyl (C=O) groups excluding carboxylic acids is 1. The zero-order valence-electron chi connectivity index (χ0n) is 13.4. The number of hydrogen-bond acceptors (Lipinski definition) is 5. The number of rotatable bonds is 6. The maximum atomic E-state index is 11.9. The maximum absolute atomic E-state index is 11.9. The first kappa shape index (κ1) is 18.0. The van der Waals surface area contributed by atoms with E-state index in [0.29, 0.717) is 27.4 Å². The van der Waals surface area contributed by atoms with Gasteiger partial charge in [-0.05, 0) is 54.6 Å². The molecule has 1 amide bonds. The molecule has 0 atom stereocenters. The summed E-state index contributed by atoms with van der Waals surface area (Å²) in [5, 5.41) is 14.9. The zero-order valence-corrected chi connectivity index (χ0v) is 15.0. The van der Waals surface area contributed by atoms with Gasteiger partial charge in [0, 0.05) is 15.7 Å². The van der Waals surface area contributed by atoms with Gasteiger partial charge >= 0.3 is 0 Å². The summed E-state index contributed by atoms with van der Waals surface area (Å²) in [7, 11) is 0. The summed E-state index contributed by atoms with van der Waals surface area (Å²) < 4.78 is 5.37. The molecule has 0 spiro atoms. The van der Waals surface area contributed by atoms with Crippen molar-refractivity contribution < 1.29 is 9.53 Å². The second kappa shape index (κ2) is 8.51.